The van der Waals surface area contributed by atoms with E-state index >= 15 is 0 Å². The van der Waals surface area contributed by atoms with Crippen LogP contribution in [0.2, 0.25) is 0 Å². The zero-order valence-electron chi connectivity index (χ0n) is 5.91. The van der Waals surface area contributed by atoms with E-state index in [4.69, 9.17) is 5.11 Å². The summed E-state index contributed by atoms with van der Waals surface area (Å²) in [4.78, 5) is 9.25. The molecule has 0 spiro atoms. The van der Waals surface area contributed by atoms with Gasteiger partial charge in [0, 0.05) is 11.8 Å². The van der Waals surface area contributed by atoms with Crippen LogP contribution in [0.1, 0.15) is 13.3 Å². The van der Waals surface area contributed by atoms with Crippen LogP contribution >= 0.6 is 22.5 Å². The van der Waals surface area contributed by atoms with E-state index in [1.807, 2.05) is 0 Å². The number of aliphatic carboxylic acids is 1. The fourth-order valence-corrected chi connectivity index (χ4v) is 0.822. The molecule has 2 nitrogen and oxygen atoms in total. The minimum atomic E-state index is -0.981. The van der Waals surface area contributed by atoms with E-state index in [0.29, 0.717) is 0 Å². The van der Waals surface area contributed by atoms with Crippen molar-refractivity contribution in [2.45, 2.75) is 13.3 Å². The fourth-order valence-electron chi connectivity index (χ4n) is 0.0913. The van der Waals surface area contributed by atoms with Gasteiger partial charge in [0.05, 0.1) is 0 Å². The third kappa shape index (κ3) is 24.7. The Hall–Kier alpha value is -0.0900. The minimum Gasteiger partial charge on any atom is -0.478 e. The molecule has 0 bridgehead atoms. The van der Waals surface area contributed by atoms with Crippen molar-refractivity contribution in [3.8, 4) is 0 Å². The Morgan fingerprint density at radius 1 is 1.90 bits per heavy atom. The summed E-state index contributed by atoms with van der Waals surface area (Å²) in [5, 5.41) is 7.60. The van der Waals surface area contributed by atoms with E-state index in [9.17, 15) is 4.79 Å². The molecule has 0 aliphatic heterocycles. The number of hydrogen-bond donors (Lipinski definition) is 2. The molecule has 0 amide bonds. The summed E-state index contributed by atoms with van der Waals surface area (Å²) in [5.74, 6) is 0.188. The average Bonchev–Trinajstić information content (AvgIpc) is 1.91. The van der Waals surface area contributed by atoms with E-state index in [1.165, 1.54) is 12.2 Å². The second-order valence-corrected chi connectivity index (χ2v) is 2.82. The Bertz CT molecular complexity index is 91.7. The molecular formula is C6H12O2S2. The van der Waals surface area contributed by atoms with Crippen molar-refractivity contribution in [1.82, 2.24) is 0 Å². The van der Waals surface area contributed by atoms with Crippen molar-refractivity contribution < 1.29 is 9.90 Å². The molecule has 0 atom stereocenters. The highest BCUT2D eigenvalue weighted by atomic mass is 33.1. The number of hydrogen-bond acceptors (Lipinski definition) is 3. The Labute approximate surface area is 70.5 Å². The zero-order chi connectivity index (χ0) is 8.41. The standard InChI is InChI=1S/C3H4O2.C3H8S2/c1-2-3(4)5;1-2-3-5-4/h2H,1H2,(H,4,5);4H,2-3H2,1H3. The van der Waals surface area contributed by atoms with Crippen molar-refractivity contribution in [2.24, 2.45) is 0 Å². The van der Waals surface area contributed by atoms with Gasteiger partial charge in [-0.05, 0) is 6.42 Å². The lowest BCUT2D eigenvalue weighted by Gasteiger charge is -1.78. The number of thiol groups is 1. The van der Waals surface area contributed by atoms with Crippen LogP contribution in [0.4, 0.5) is 0 Å². The second kappa shape index (κ2) is 11.7. The number of rotatable bonds is 3. The first kappa shape index (κ1) is 12.6. The molecule has 0 aromatic heterocycles. The lowest BCUT2D eigenvalue weighted by atomic mass is 10.6. The van der Waals surface area contributed by atoms with E-state index in [-0.39, 0.29) is 0 Å². The van der Waals surface area contributed by atoms with Gasteiger partial charge in [-0.25, -0.2) is 4.79 Å². The molecule has 0 aliphatic rings. The van der Waals surface area contributed by atoms with Crippen molar-refractivity contribution in [1.29, 1.82) is 0 Å². The summed E-state index contributed by atoms with van der Waals surface area (Å²) in [6, 6.07) is 0. The molecule has 0 saturated heterocycles. The highest BCUT2D eigenvalue weighted by Gasteiger charge is 1.73. The smallest absolute Gasteiger partial charge is 0.327 e. The largest absolute Gasteiger partial charge is 0.478 e. The maximum Gasteiger partial charge on any atom is 0.327 e. The molecule has 0 aliphatic carbocycles. The summed E-state index contributed by atoms with van der Waals surface area (Å²) in [7, 11) is 1.60. The first-order valence-electron chi connectivity index (χ1n) is 2.80. The molecule has 0 rings (SSSR count). The summed E-state index contributed by atoms with van der Waals surface area (Å²) in [6.45, 7) is 5.10. The number of carbonyl (C=O) groups is 1. The Morgan fingerprint density at radius 3 is 2.30 bits per heavy atom. The van der Waals surface area contributed by atoms with Gasteiger partial charge in [0.1, 0.15) is 0 Å². The lowest BCUT2D eigenvalue weighted by molar-refractivity contribution is -0.131. The molecule has 0 radical (unpaired) electrons. The van der Waals surface area contributed by atoms with Gasteiger partial charge >= 0.3 is 5.97 Å². The topological polar surface area (TPSA) is 37.3 Å². The van der Waals surface area contributed by atoms with Gasteiger partial charge in [-0.2, -0.15) is 0 Å². The normalized spacial score (nSPS) is 7.40. The van der Waals surface area contributed by atoms with Crippen LogP contribution in [0.15, 0.2) is 12.7 Å². The van der Waals surface area contributed by atoms with Crippen molar-refractivity contribution in [3.63, 3.8) is 0 Å². The van der Waals surface area contributed by atoms with Gasteiger partial charge in [0.15, 0.2) is 0 Å². The third-order valence-corrected chi connectivity index (χ3v) is 1.61. The molecular weight excluding hydrogens is 168 g/mol. The van der Waals surface area contributed by atoms with E-state index < -0.39 is 5.97 Å². The lowest BCUT2D eigenvalue weighted by Crippen LogP contribution is -1.82. The maximum absolute atomic E-state index is 9.25. The van der Waals surface area contributed by atoms with Crippen LogP contribution in [-0.4, -0.2) is 16.8 Å². The van der Waals surface area contributed by atoms with Crippen molar-refractivity contribution in [3.05, 3.63) is 12.7 Å². The maximum atomic E-state index is 9.25. The molecule has 60 valence electrons. The van der Waals surface area contributed by atoms with Gasteiger partial charge < -0.3 is 5.11 Å². The first-order chi connectivity index (χ1) is 4.68. The average molecular weight is 180 g/mol. The second-order valence-electron chi connectivity index (χ2n) is 1.38. The van der Waals surface area contributed by atoms with Crippen molar-refractivity contribution in [2.75, 3.05) is 5.75 Å². The Morgan fingerprint density at radius 2 is 2.30 bits per heavy atom. The molecule has 0 fully saturated rings. The minimum absolute atomic E-state index is 0.833. The summed E-state index contributed by atoms with van der Waals surface area (Å²) in [6.07, 6.45) is 2.06. The van der Waals surface area contributed by atoms with Crippen LogP contribution in [0, 0.1) is 0 Å². The third-order valence-electron chi connectivity index (χ3n) is 0.470. The highest BCUT2D eigenvalue weighted by molar-refractivity contribution is 8.68. The highest BCUT2D eigenvalue weighted by Crippen LogP contribution is 2.04. The van der Waals surface area contributed by atoms with Crippen LogP contribution in [-0.2, 0) is 4.79 Å². The predicted molar refractivity (Wildman–Crippen MR) is 49.6 cm³/mol. The van der Waals surface area contributed by atoms with Gasteiger partial charge in [0.25, 0.3) is 0 Å². The molecule has 1 N–H and O–H groups in total. The van der Waals surface area contributed by atoms with Gasteiger partial charge in [-0.1, -0.05) is 24.3 Å². The molecule has 0 aromatic rings. The van der Waals surface area contributed by atoms with Gasteiger partial charge in [-0.15, -0.1) is 11.7 Å². The quantitative estimate of drug-likeness (QED) is 0.397. The Kier molecular flexibility index (Phi) is 14.7. The predicted octanol–water partition coefficient (Wildman–Crippen LogP) is 2.23. The van der Waals surface area contributed by atoms with Gasteiger partial charge in [-0.3, -0.25) is 0 Å². The molecule has 0 unspecified atom stereocenters. The van der Waals surface area contributed by atoms with E-state index in [1.54, 1.807) is 10.8 Å². The van der Waals surface area contributed by atoms with Crippen LogP contribution < -0.4 is 0 Å². The molecule has 0 heterocycles. The summed E-state index contributed by atoms with van der Waals surface area (Å²) in [5.41, 5.74) is 0. The monoisotopic (exact) mass is 180 g/mol. The number of carboxylic acid groups (broad SMARTS) is 1. The SMILES string of the molecule is C=CC(=O)O.CCCSS. The van der Waals surface area contributed by atoms with Crippen molar-refractivity contribution >= 4 is 28.4 Å². The van der Waals surface area contributed by atoms with Crippen LogP contribution in [0.5, 0.6) is 0 Å². The van der Waals surface area contributed by atoms with E-state index in [0.717, 1.165) is 6.08 Å². The first-order valence-corrected chi connectivity index (χ1v) is 4.84. The molecule has 10 heavy (non-hydrogen) atoms. The zero-order valence-corrected chi connectivity index (χ0v) is 7.62. The van der Waals surface area contributed by atoms with E-state index in [2.05, 4.69) is 25.2 Å². The fraction of sp³-hybridized carbons (Fsp3) is 0.500. The number of carboxylic acids is 1. The summed E-state index contributed by atoms with van der Waals surface area (Å²) < 4.78 is 0. The molecule has 0 aromatic carbocycles. The molecule has 4 heteroatoms. The Balaban J connectivity index is 0. The molecule has 0 saturated carbocycles. The van der Waals surface area contributed by atoms with Crippen LogP contribution in [0.25, 0.3) is 0 Å². The van der Waals surface area contributed by atoms with Gasteiger partial charge in [0.2, 0.25) is 0 Å². The summed E-state index contributed by atoms with van der Waals surface area (Å²) >= 11 is 3.92. The van der Waals surface area contributed by atoms with Crippen LogP contribution in [0.3, 0.4) is 0 Å².